The number of hydrogen-bond acceptors (Lipinski definition) is 5. The fourth-order valence-corrected chi connectivity index (χ4v) is 4.08. The lowest BCUT2D eigenvalue weighted by molar-refractivity contribution is -0.121. The number of aliphatic hydroxyl groups is 1. The molecule has 0 saturated carbocycles. The molecule has 0 spiro atoms. The minimum absolute atomic E-state index is 0.0772. The normalized spacial score (nSPS) is 15.7. The van der Waals surface area contributed by atoms with Gasteiger partial charge in [0.05, 0.1) is 25.3 Å². The Balaban J connectivity index is 1.72. The largest absolute Gasteiger partial charge is 0.497 e. The van der Waals surface area contributed by atoms with Gasteiger partial charge in [-0.05, 0) is 48.4 Å². The van der Waals surface area contributed by atoms with E-state index in [-0.39, 0.29) is 18.4 Å². The summed E-state index contributed by atoms with van der Waals surface area (Å²) in [5.74, 6) is 1.78. The van der Waals surface area contributed by atoms with Crippen LogP contribution in [0.15, 0.2) is 45.8 Å². The number of halogens is 1. The SMILES string of the molecule is COc1ccc2c(c1)C[C@H](C(=O)Nc1ccc(Br)cc1SCCO)CO2. The molecular formula is C19H20BrNO4S. The Bertz CT molecular complexity index is 799. The van der Waals surface area contributed by atoms with Crippen LogP contribution in [0.5, 0.6) is 11.5 Å². The van der Waals surface area contributed by atoms with Gasteiger partial charge in [0.1, 0.15) is 18.1 Å². The van der Waals surface area contributed by atoms with E-state index in [1.807, 2.05) is 36.4 Å². The molecule has 2 aromatic carbocycles. The molecule has 7 heteroatoms. The Kier molecular flexibility index (Phi) is 6.45. The van der Waals surface area contributed by atoms with Crippen molar-refractivity contribution in [1.82, 2.24) is 0 Å². The standard InChI is InChI=1S/C19H20BrNO4S/c1-24-15-3-5-17-12(9-15)8-13(11-25-17)19(23)21-16-4-2-14(20)10-18(16)26-7-6-22/h2-5,9-10,13,22H,6-8,11H2,1H3,(H,21,23)/t13-/m0/s1. The molecule has 2 aromatic rings. The zero-order valence-electron chi connectivity index (χ0n) is 14.3. The van der Waals surface area contributed by atoms with E-state index in [0.717, 1.165) is 32.1 Å². The Labute approximate surface area is 165 Å². The average Bonchev–Trinajstić information content (AvgIpc) is 2.67. The molecule has 0 unspecified atom stereocenters. The quantitative estimate of drug-likeness (QED) is 0.673. The molecule has 0 radical (unpaired) electrons. The first-order chi connectivity index (χ1) is 12.6. The number of aliphatic hydroxyl groups excluding tert-OH is 1. The van der Waals surface area contributed by atoms with Gasteiger partial charge in [0.2, 0.25) is 5.91 Å². The van der Waals surface area contributed by atoms with Gasteiger partial charge < -0.3 is 19.9 Å². The van der Waals surface area contributed by atoms with Gasteiger partial charge in [-0.15, -0.1) is 11.8 Å². The van der Waals surface area contributed by atoms with Crippen LogP contribution in [0.1, 0.15) is 5.56 Å². The highest BCUT2D eigenvalue weighted by molar-refractivity contribution is 9.10. The summed E-state index contributed by atoms with van der Waals surface area (Å²) < 4.78 is 11.9. The van der Waals surface area contributed by atoms with E-state index in [1.165, 1.54) is 11.8 Å². The molecule has 1 atom stereocenters. The van der Waals surface area contributed by atoms with E-state index in [9.17, 15) is 4.79 Å². The van der Waals surface area contributed by atoms with Crippen molar-refractivity contribution in [2.24, 2.45) is 5.92 Å². The highest BCUT2D eigenvalue weighted by Crippen LogP contribution is 2.33. The molecule has 1 aliphatic heterocycles. The van der Waals surface area contributed by atoms with Crippen LogP contribution in [-0.4, -0.2) is 37.1 Å². The average molecular weight is 438 g/mol. The summed E-state index contributed by atoms with van der Waals surface area (Å²) in [6, 6.07) is 11.3. The maximum atomic E-state index is 12.7. The van der Waals surface area contributed by atoms with Crippen molar-refractivity contribution >= 4 is 39.3 Å². The van der Waals surface area contributed by atoms with Gasteiger partial charge >= 0.3 is 0 Å². The zero-order valence-corrected chi connectivity index (χ0v) is 16.7. The molecular weight excluding hydrogens is 418 g/mol. The van der Waals surface area contributed by atoms with Crippen LogP contribution in [-0.2, 0) is 11.2 Å². The fraction of sp³-hybridized carbons (Fsp3) is 0.316. The van der Waals surface area contributed by atoms with Gasteiger partial charge in [0.25, 0.3) is 0 Å². The monoisotopic (exact) mass is 437 g/mol. The minimum Gasteiger partial charge on any atom is -0.497 e. The molecule has 1 aliphatic rings. The van der Waals surface area contributed by atoms with E-state index in [2.05, 4.69) is 21.2 Å². The predicted octanol–water partition coefficient (Wildman–Crippen LogP) is 3.73. The number of nitrogens with one attached hydrogen (secondary N) is 1. The first kappa shape index (κ1) is 19.1. The van der Waals surface area contributed by atoms with E-state index < -0.39 is 0 Å². The molecule has 0 fully saturated rings. The molecule has 0 aromatic heterocycles. The lowest BCUT2D eigenvalue weighted by Crippen LogP contribution is -2.32. The maximum Gasteiger partial charge on any atom is 0.231 e. The first-order valence-electron chi connectivity index (χ1n) is 8.24. The second kappa shape index (κ2) is 8.79. The molecule has 3 rings (SSSR count). The van der Waals surface area contributed by atoms with E-state index >= 15 is 0 Å². The van der Waals surface area contributed by atoms with Gasteiger partial charge in [-0.25, -0.2) is 0 Å². The molecule has 2 N–H and O–H groups in total. The van der Waals surface area contributed by atoms with Crippen LogP contribution < -0.4 is 14.8 Å². The van der Waals surface area contributed by atoms with Crippen LogP contribution in [0.25, 0.3) is 0 Å². The first-order valence-corrected chi connectivity index (χ1v) is 10.0. The highest BCUT2D eigenvalue weighted by Gasteiger charge is 2.27. The second-order valence-electron chi connectivity index (χ2n) is 5.89. The molecule has 0 saturated heterocycles. The highest BCUT2D eigenvalue weighted by atomic mass is 79.9. The number of benzene rings is 2. The summed E-state index contributed by atoms with van der Waals surface area (Å²) >= 11 is 4.94. The van der Waals surface area contributed by atoms with Crippen LogP contribution in [0, 0.1) is 5.92 Å². The Morgan fingerprint density at radius 3 is 3.00 bits per heavy atom. The topological polar surface area (TPSA) is 67.8 Å². The van der Waals surface area contributed by atoms with Gasteiger partial charge in [-0.1, -0.05) is 15.9 Å². The van der Waals surface area contributed by atoms with Crippen molar-refractivity contribution in [3.05, 3.63) is 46.4 Å². The molecule has 5 nitrogen and oxygen atoms in total. The summed E-state index contributed by atoms with van der Waals surface area (Å²) in [5, 5.41) is 12.1. The number of carbonyl (C=O) groups is 1. The van der Waals surface area contributed by atoms with Crippen molar-refractivity contribution in [2.75, 3.05) is 31.4 Å². The zero-order chi connectivity index (χ0) is 18.5. The fourth-order valence-electron chi connectivity index (χ4n) is 2.78. The third-order valence-corrected chi connectivity index (χ3v) is 5.62. The number of amides is 1. The van der Waals surface area contributed by atoms with Crippen molar-refractivity contribution in [1.29, 1.82) is 0 Å². The third-order valence-electron chi connectivity index (χ3n) is 4.10. The Hall–Kier alpha value is -1.70. The number of rotatable bonds is 6. The van der Waals surface area contributed by atoms with E-state index in [4.69, 9.17) is 14.6 Å². The Morgan fingerprint density at radius 2 is 2.23 bits per heavy atom. The van der Waals surface area contributed by atoms with Gasteiger partial charge in [0.15, 0.2) is 0 Å². The van der Waals surface area contributed by atoms with Crippen molar-refractivity contribution in [3.8, 4) is 11.5 Å². The molecule has 0 bridgehead atoms. The number of fused-ring (bicyclic) bond motifs is 1. The summed E-state index contributed by atoms with van der Waals surface area (Å²) in [7, 11) is 1.62. The lowest BCUT2D eigenvalue weighted by atomic mass is 9.95. The lowest BCUT2D eigenvalue weighted by Gasteiger charge is -2.25. The molecule has 0 aliphatic carbocycles. The van der Waals surface area contributed by atoms with Gasteiger partial charge in [-0.3, -0.25) is 4.79 Å². The third kappa shape index (κ3) is 4.52. The number of carbonyl (C=O) groups excluding carboxylic acids is 1. The van der Waals surface area contributed by atoms with Crippen molar-refractivity contribution < 1.29 is 19.4 Å². The number of anilines is 1. The summed E-state index contributed by atoms with van der Waals surface area (Å²) in [5.41, 5.74) is 1.72. The molecule has 26 heavy (non-hydrogen) atoms. The summed E-state index contributed by atoms with van der Waals surface area (Å²) in [4.78, 5) is 13.7. The summed E-state index contributed by atoms with van der Waals surface area (Å²) in [6.45, 7) is 0.431. The predicted molar refractivity (Wildman–Crippen MR) is 106 cm³/mol. The maximum absolute atomic E-state index is 12.7. The summed E-state index contributed by atoms with van der Waals surface area (Å²) in [6.07, 6.45) is 0.605. The van der Waals surface area contributed by atoms with Crippen molar-refractivity contribution in [2.45, 2.75) is 11.3 Å². The number of methoxy groups -OCH3 is 1. The molecule has 1 heterocycles. The van der Waals surface area contributed by atoms with E-state index in [1.54, 1.807) is 7.11 Å². The second-order valence-corrected chi connectivity index (χ2v) is 7.94. The van der Waals surface area contributed by atoms with Crippen LogP contribution >= 0.6 is 27.7 Å². The van der Waals surface area contributed by atoms with Crippen LogP contribution in [0.4, 0.5) is 5.69 Å². The minimum atomic E-state index is -0.269. The van der Waals surface area contributed by atoms with E-state index in [0.29, 0.717) is 18.8 Å². The van der Waals surface area contributed by atoms with Crippen molar-refractivity contribution in [3.63, 3.8) is 0 Å². The Morgan fingerprint density at radius 1 is 1.38 bits per heavy atom. The smallest absolute Gasteiger partial charge is 0.231 e. The molecule has 138 valence electrons. The van der Waals surface area contributed by atoms with Crippen LogP contribution in [0.3, 0.4) is 0 Å². The molecule has 1 amide bonds. The number of hydrogen-bond donors (Lipinski definition) is 2. The van der Waals surface area contributed by atoms with Crippen LogP contribution in [0.2, 0.25) is 0 Å². The number of thioether (sulfide) groups is 1. The number of ether oxygens (including phenoxy) is 2. The van der Waals surface area contributed by atoms with Gasteiger partial charge in [-0.2, -0.15) is 0 Å². The van der Waals surface area contributed by atoms with Gasteiger partial charge in [0, 0.05) is 15.1 Å².